The molecule has 0 bridgehead atoms. The predicted octanol–water partition coefficient (Wildman–Crippen LogP) is 2.72. The molecule has 0 radical (unpaired) electrons. The Labute approximate surface area is 60.2 Å². The molecule has 0 N–H and O–H groups in total. The molecule has 1 atom stereocenters. The van der Waals surface area contributed by atoms with Crippen molar-refractivity contribution in [2.45, 2.75) is 0 Å². The Hall–Kier alpha value is -0.940. The molecule has 0 saturated heterocycles. The highest BCUT2D eigenvalue weighted by molar-refractivity contribution is 7.53. The van der Waals surface area contributed by atoms with Gasteiger partial charge in [0.1, 0.15) is 0 Å². The molecule has 0 aromatic rings. The topological polar surface area (TPSA) is 17.1 Å². The Morgan fingerprint density at radius 1 is 1.20 bits per heavy atom. The molecule has 1 heterocycles. The first-order valence-corrected chi connectivity index (χ1v) is 4.44. The van der Waals surface area contributed by atoms with Gasteiger partial charge in [0.2, 0.25) is 5.31 Å². The number of fused-ring (bicyclic) bond motifs is 1. The SMILES string of the molecule is O=[P+]1C=CC=C2C=CC=C21. The molecule has 1 nitrogen and oxygen atoms in total. The van der Waals surface area contributed by atoms with Crippen molar-refractivity contribution >= 4 is 7.80 Å². The molecule has 0 spiro atoms. The quantitative estimate of drug-likeness (QED) is 0.484. The maximum absolute atomic E-state index is 11.2. The van der Waals surface area contributed by atoms with E-state index >= 15 is 0 Å². The molecule has 0 fully saturated rings. The smallest absolute Gasteiger partial charge is 0.0619 e. The van der Waals surface area contributed by atoms with Gasteiger partial charge in [-0.1, -0.05) is 16.7 Å². The van der Waals surface area contributed by atoms with Crippen molar-refractivity contribution in [1.82, 2.24) is 0 Å². The number of hydrogen-bond donors (Lipinski definition) is 0. The maximum Gasteiger partial charge on any atom is 0.408 e. The summed E-state index contributed by atoms with van der Waals surface area (Å²) in [7, 11) is -1.23. The normalized spacial score (nSPS) is 24.2. The fourth-order valence-electron chi connectivity index (χ4n) is 1.07. The van der Waals surface area contributed by atoms with Crippen molar-refractivity contribution in [1.29, 1.82) is 0 Å². The molecule has 1 aliphatic carbocycles. The van der Waals surface area contributed by atoms with Crippen LogP contribution in [0.4, 0.5) is 0 Å². The van der Waals surface area contributed by atoms with Gasteiger partial charge in [0.15, 0.2) is 5.82 Å². The second kappa shape index (κ2) is 2.03. The lowest BCUT2D eigenvalue weighted by atomic mass is 10.3. The van der Waals surface area contributed by atoms with Gasteiger partial charge >= 0.3 is 7.80 Å². The summed E-state index contributed by atoms with van der Waals surface area (Å²) >= 11 is 0. The minimum atomic E-state index is -1.23. The van der Waals surface area contributed by atoms with Gasteiger partial charge < -0.3 is 0 Å². The van der Waals surface area contributed by atoms with Gasteiger partial charge in [0, 0.05) is 5.57 Å². The van der Waals surface area contributed by atoms with Crippen molar-refractivity contribution in [2.24, 2.45) is 0 Å². The molecule has 10 heavy (non-hydrogen) atoms. The standard InChI is InChI=1S/C8H6OP/c9-10-6-2-4-7-3-1-5-8(7)10/h1-6H/q+1. The summed E-state index contributed by atoms with van der Waals surface area (Å²) < 4.78 is 11.2. The molecule has 1 aliphatic heterocycles. The lowest BCUT2D eigenvalue weighted by molar-refractivity contribution is 0.596. The maximum atomic E-state index is 11.2. The number of hydrogen-bond acceptors (Lipinski definition) is 1. The first kappa shape index (κ1) is 5.82. The Balaban J connectivity index is 2.54. The van der Waals surface area contributed by atoms with Crippen LogP contribution in [0.25, 0.3) is 0 Å². The van der Waals surface area contributed by atoms with Gasteiger partial charge in [-0.3, -0.25) is 0 Å². The van der Waals surface area contributed by atoms with Crippen LogP contribution in [0.15, 0.2) is 47.1 Å². The molecule has 0 saturated carbocycles. The zero-order chi connectivity index (χ0) is 6.97. The van der Waals surface area contributed by atoms with Crippen LogP contribution in [-0.2, 0) is 4.57 Å². The summed E-state index contributed by atoms with van der Waals surface area (Å²) in [5.74, 6) is 1.73. The van der Waals surface area contributed by atoms with Crippen LogP contribution in [0, 0.1) is 0 Å². The zero-order valence-electron chi connectivity index (χ0n) is 5.32. The van der Waals surface area contributed by atoms with E-state index in [-0.39, 0.29) is 0 Å². The van der Waals surface area contributed by atoms with E-state index in [4.69, 9.17) is 0 Å². The minimum absolute atomic E-state index is 0.970. The van der Waals surface area contributed by atoms with Crippen molar-refractivity contribution in [3.8, 4) is 0 Å². The van der Waals surface area contributed by atoms with E-state index in [1.807, 2.05) is 30.4 Å². The van der Waals surface area contributed by atoms with Crippen molar-refractivity contribution in [3.63, 3.8) is 0 Å². The van der Waals surface area contributed by atoms with E-state index < -0.39 is 7.80 Å². The molecule has 0 aromatic carbocycles. The van der Waals surface area contributed by atoms with E-state index in [2.05, 4.69) is 0 Å². The summed E-state index contributed by atoms with van der Waals surface area (Å²) in [6.45, 7) is 0. The lowest BCUT2D eigenvalue weighted by Crippen LogP contribution is -1.78. The van der Waals surface area contributed by atoms with Crippen LogP contribution in [0.5, 0.6) is 0 Å². The Kier molecular flexibility index (Phi) is 1.18. The second-order valence-electron chi connectivity index (χ2n) is 2.20. The highest BCUT2D eigenvalue weighted by atomic mass is 31.1. The molecule has 2 heteroatoms. The molecule has 48 valence electrons. The minimum Gasteiger partial charge on any atom is -0.0619 e. The van der Waals surface area contributed by atoms with E-state index in [1.54, 1.807) is 5.82 Å². The summed E-state index contributed by atoms with van der Waals surface area (Å²) in [6.07, 6.45) is 9.65. The molecule has 2 aliphatic rings. The molecule has 0 amide bonds. The fourth-order valence-corrected chi connectivity index (χ4v) is 2.11. The molecule has 0 aromatic heterocycles. The van der Waals surface area contributed by atoms with Crippen molar-refractivity contribution in [3.05, 3.63) is 47.1 Å². The van der Waals surface area contributed by atoms with Gasteiger partial charge in [-0.2, -0.15) is 0 Å². The molecular formula is C8H6OP+. The van der Waals surface area contributed by atoms with E-state index in [1.165, 1.54) is 0 Å². The molecule has 2 rings (SSSR count). The molecular weight excluding hydrogens is 143 g/mol. The van der Waals surface area contributed by atoms with Crippen molar-refractivity contribution < 1.29 is 4.57 Å². The monoisotopic (exact) mass is 149 g/mol. The van der Waals surface area contributed by atoms with Crippen LogP contribution in [0.2, 0.25) is 0 Å². The Morgan fingerprint density at radius 3 is 2.90 bits per heavy atom. The van der Waals surface area contributed by atoms with Gasteiger partial charge in [0.05, 0.1) is 0 Å². The third-order valence-corrected chi connectivity index (χ3v) is 2.89. The van der Waals surface area contributed by atoms with E-state index in [9.17, 15) is 4.57 Å². The average Bonchev–Trinajstić information content (AvgIpc) is 2.36. The third kappa shape index (κ3) is 0.714. The van der Waals surface area contributed by atoms with Crippen LogP contribution < -0.4 is 0 Å². The van der Waals surface area contributed by atoms with Crippen molar-refractivity contribution in [2.75, 3.05) is 0 Å². The number of allylic oxidation sites excluding steroid dienone is 7. The summed E-state index contributed by atoms with van der Waals surface area (Å²) in [5, 5.41) is 0.970. The van der Waals surface area contributed by atoms with Gasteiger partial charge in [-0.05, 0) is 18.2 Å². The van der Waals surface area contributed by atoms with Crippen LogP contribution in [-0.4, -0.2) is 0 Å². The van der Waals surface area contributed by atoms with E-state index in [0.29, 0.717) is 0 Å². The average molecular weight is 149 g/mol. The highest BCUT2D eigenvalue weighted by Crippen LogP contribution is 2.44. The zero-order valence-corrected chi connectivity index (χ0v) is 6.21. The van der Waals surface area contributed by atoms with Crippen LogP contribution >= 0.6 is 7.80 Å². The molecule has 1 unspecified atom stereocenters. The summed E-state index contributed by atoms with van der Waals surface area (Å²) in [4.78, 5) is 0. The Morgan fingerprint density at radius 2 is 2.10 bits per heavy atom. The second-order valence-corrected chi connectivity index (χ2v) is 3.63. The van der Waals surface area contributed by atoms with Crippen LogP contribution in [0.1, 0.15) is 0 Å². The highest BCUT2D eigenvalue weighted by Gasteiger charge is 2.26. The van der Waals surface area contributed by atoms with Gasteiger partial charge in [-0.25, -0.2) is 0 Å². The lowest BCUT2D eigenvalue weighted by Gasteiger charge is -1.91. The Bertz CT molecular complexity index is 299. The fraction of sp³-hybridized carbons (Fsp3) is 0. The van der Waals surface area contributed by atoms with Crippen LogP contribution in [0.3, 0.4) is 0 Å². The summed E-state index contributed by atoms with van der Waals surface area (Å²) in [5.41, 5.74) is 1.10. The summed E-state index contributed by atoms with van der Waals surface area (Å²) in [6, 6.07) is 0. The van der Waals surface area contributed by atoms with Gasteiger partial charge in [-0.15, -0.1) is 0 Å². The van der Waals surface area contributed by atoms with Gasteiger partial charge in [0.25, 0.3) is 0 Å². The number of rotatable bonds is 0. The van der Waals surface area contributed by atoms with E-state index in [0.717, 1.165) is 10.9 Å². The predicted molar refractivity (Wildman–Crippen MR) is 42.1 cm³/mol. The largest absolute Gasteiger partial charge is 0.408 e. The first-order chi connectivity index (χ1) is 4.88. The third-order valence-electron chi connectivity index (χ3n) is 1.56. The first-order valence-electron chi connectivity index (χ1n) is 3.11.